The minimum atomic E-state index is -0.153. The first-order chi connectivity index (χ1) is 9.51. The van der Waals surface area contributed by atoms with Gasteiger partial charge in [0.25, 0.3) is 0 Å². The van der Waals surface area contributed by atoms with Gasteiger partial charge in [0.1, 0.15) is 0 Å². The number of benzene rings is 1. The van der Waals surface area contributed by atoms with Crippen LogP contribution in [0.4, 0.5) is 0 Å². The maximum absolute atomic E-state index is 11.3. The van der Waals surface area contributed by atoms with E-state index in [4.69, 9.17) is 5.73 Å². The first kappa shape index (κ1) is 20.4. The van der Waals surface area contributed by atoms with E-state index in [0.717, 1.165) is 22.6 Å². The molecule has 3 N–H and O–H groups in total. The second-order valence-corrected chi connectivity index (χ2v) is 4.92. The Labute approximate surface area is 143 Å². The lowest BCUT2D eigenvalue weighted by atomic mass is 10.1. The van der Waals surface area contributed by atoms with Crippen molar-refractivity contribution in [2.24, 2.45) is 5.73 Å². The van der Waals surface area contributed by atoms with Crippen LogP contribution in [0.3, 0.4) is 0 Å². The van der Waals surface area contributed by atoms with E-state index in [2.05, 4.69) is 10.4 Å². The van der Waals surface area contributed by atoms with Crippen molar-refractivity contribution in [3.8, 4) is 5.69 Å². The van der Waals surface area contributed by atoms with E-state index >= 15 is 0 Å². The number of nitrogens with two attached hydrogens (primary N) is 1. The average Bonchev–Trinajstić information content (AvgIpc) is 2.77. The zero-order valence-electron chi connectivity index (χ0n) is 12.9. The highest BCUT2D eigenvalue weighted by Gasteiger charge is 2.09. The van der Waals surface area contributed by atoms with Gasteiger partial charge in [0.15, 0.2) is 0 Å². The largest absolute Gasteiger partial charge is 0.348 e. The van der Waals surface area contributed by atoms with Crippen LogP contribution in [0.2, 0.25) is 0 Å². The monoisotopic (exact) mass is 344 g/mol. The normalized spacial score (nSPS) is 11.1. The summed E-state index contributed by atoms with van der Waals surface area (Å²) in [7, 11) is 0. The number of aromatic nitrogens is 2. The third-order valence-corrected chi connectivity index (χ3v) is 3.21. The molecule has 1 aromatic heterocycles. The molecule has 1 unspecified atom stereocenters. The van der Waals surface area contributed by atoms with Gasteiger partial charge in [-0.15, -0.1) is 24.8 Å². The Kier molecular flexibility index (Phi) is 8.16. The summed E-state index contributed by atoms with van der Waals surface area (Å²) in [5.41, 5.74) is 9.44. The Morgan fingerprint density at radius 2 is 1.86 bits per heavy atom. The number of halogens is 2. The number of aryl methyl sites for hydroxylation is 2. The molecule has 0 saturated heterocycles. The summed E-state index contributed by atoms with van der Waals surface area (Å²) in [5.74, 6) is -0.153. The third-order valence-electron chi connectivity index (χ3n) is 3.21. The van der Waals surface area contributed by atoms with Gasteiger partial charge in [0.05, 0.1) is 24.0 Å². The van der Waals surface area contributed by atoms with E-state index in [1.807, 2.05) is 55.8 Å². The quantitative estimate of drug-likeness (QED) is 0.894. The van der Waals surface area contributed by atoms with E-state index in [9.17, 15) is 4.79 Å². The second kappa shape index (κ2) is 8.78. The van der Waals surface area contributed by atoms with Gasteiger partial charge < -0.3 is 11.1 Å². The Bertz CT molecular complexity index is 611. The van der Waals surface area contributed by atoms with Gasteiger partial charge in [-0.25, -0.2) is 4.68 Å². The molecule has 0 fully saturated rings. The number of amides is 1. The fourth-order valence-corrected chi connectivity index (χ4v) is 2.18. The molecule has 0 aliphatic heterocycles. The van der Waals surface area contributed by atoms with Crippen molar-refractivity contribution in [1.29, 1.82) is 0 Å². The Hall–Kier alpha value is -1.56. The molecule has 1 aromatic carbocycles. The Balaban J connectivity index is 0.00000220. The molecule has 0 aliphatic rings. The maximum atomic E-state index is 11.3. The zero-order chi connectivity index (χ0) is 14.7. The highest BCUT2D eigenvalue weighted by Crippen LogP contribution is 2.17. The van der Waals surface area contributed by atoms with E-state index in [0.29, 0.717) is 0 Å². The van der Waals surface area contributed by atoms with Gasteiger partial charge in [-0.3, -0.25) is 4.79 Å². The predicted octanol–water partition coefficient (Wildman–Crippen LogP) is 2.47. The van der Waals surface area contributed by atoms with E-state index in [1.54, 1.807) is 0 Å². The summed E-state index contributed by atoms with van der Waals surface area (Å²) in [5, 5.41) is 7.28. The molecule has 0 radical (unpaired) electrons. The molecule has 0 spiro atoms. The van der Waals surface area contributed by atoms with Crippen molar-refractivity contribution in [1.82, 2.24) is 15.1 Å². The van der Waals surface area contributed by atoms with Crippen LogP contribution >= 0.6 is 24.8 Å². The van der Waals surface area contributed by atoms with Gasteiger partial charge in [-0.05, 0) is 44.5 Å². The van der Waals surface area contributed by atoms with Gasteiger partial charge in [0.2, 0.25) is 5.91 Å². The van der Waals surface area contributed by atoms with Crippen molar-refractivity contribution in [3.63, 3.8) is 0 Å². The van der Waals surface area contributed by atoms with E-state index in [-0.39, 0.29) is 43.3 Å². The van der Waals surface area contributed by atoms with Crippen molar-refractivity contribution in [2.75, 3.05) is 6.54 Å². The van der Waals surface area contributed by atoms with Crippen LogP contribution < -0.4 is 11.1 Å². The average molecular weight is 345 g/mol. The molecule has 1 atom stereocenters. The molecule has 1 amide bonds. The third kappa shape index (κ3) is 4.73. The van der Waals surface area contributed by atoms with Crippen LogP contribution in [-0.2, 0) is 4.79 Å². The topological polar surface area (TPSA) is 72.9 Å². The van der Waals surface area contributed by atoms with Crippen molar-refractivity contribution < 1.29 is 4.79 Å². The molecular weight excluding hydrogens is 323 g/mol. The minimum absolute atomic E-state index is 0. The van der Waals surface area contributed by atoms with Gasteiger partial charge in [-0.1, -0.05) is 12.1 Å². The summed E-state index contributed by atoms with van der Waals surface area (Å²) < 4.78 is 1.91. The predicted molar refractivity (Wildman–Crippen MR) is 93.1 cm³/mol. The summed E-state index contributed by atoms with van der Waals surface area (Å²) >= 11 is 0. The molecule has 7 heteroatoms. The minimum Gasteiger partial charge on any atom is -0.348 e. The number of rotatable bonds is 4. The lowest BCUT2D eigenvalue weighted by molar-refractivity contribution is -0.120. The molecule has 122 valence electrons. The maximum Gasteiger partial charge on any atom is 0.234 e. The second-order valence-electron chi connectivity index (χ2n) is 4.92. The van der Waals surface area contributed by atoms with Crippen LogP contribution in [0.1, 0.15) is 29.9 Å². The van der Waals surface area contributed by atoms with Crippen LogP contribution in [0, 0.1) is 13.8 Å². The highest BCUT2D eigenvalue weighted by atomic mass is 35.5. The summed E-state index contributed by atoms with van der Waals surface area (Å²) in [4.78, 5) is 11.3. The summed E-state index contributed by atoms with van der Waals surface area (Å²) in [6.07, 6.45) is 0. The molecule has 0 aliphatic carbocycles. The molecule has 22 heavy (non-hydrogen) atoms. The lowest BCUT2D eigenvalue weighted by Crippen LogP contribution is -2.32. The summed E-state index contributed by atoms with van der Waals surface area (Å²) in [6, 6.07) is 9.97. The first-order valence-corrected chi connectivity index (χ1v) is 6.64. The van der Waals surface area contributed by atoms with Crippen LogP contribution in [0.5, 0.6) is 0 Å². The Morgan fingerprint density at radius 3 is 2.32 bits per heavy atom. The number of hydrogen-bond donors (Lipinski definition) is 2. The number of carbonyl (C=O) groups is 1. The standard InChI is InChI=1S/C15H20N4O.2ClH/c1-10-8-11(2)19(18-10)14-6-4-13(5-7-14)12(3)17-15(20)9-16;;/h4-8,12H,9,16H2,1-3H3,(H,17,20);2*1H. The van der Waals surface area contributed by atoms with Crippen LogP contribution in [0.15, 0.2) is 30.3 Å². The lowest BCUT2D eigenvalue weighted by Gasteiger charge is -2.14. The van der Waals surface area contributed by atoms with Crippen LogP contribution in [-0.4, -0.2) is 22.2 Å². The molecule has 0 bridgehead atoms. The van der Waals surface area contributed by atoms with Crippen molar-refractivity contribution in [2.45, 2.75) is 26.8 Å². The number of hydrogen-bond acceptors (Lipinski definition) is 3. The number of nitrogens with one attached hydrogen (secondary N) is 1. The Morgan fingerprint density at radius 1 is 1.27 bits per heavy atom. The first-order valence-electron chi connectivity index (χ1n) is 6.64. The molecule has 0 saturated carbocycles. The molecule has 1 heterocycles. The fraction of sp³-hybridized carbons (Fsp3) is 0.333. The number of carbonyl (C=O) groups excluding carboxylic acids is 1. The molecule has 2 rings (SSSR count). The highest BCUT2D eigenvalue weighted by molar-refractivity contribution is 5.85. The SMILES string of the molecule is Cc1cc(C)n(-c2ccc(C(C)NC(=O)CN)cc2)n1.Cl.Cl. The van der Waals surface area contributed by atoms with Gasteiger partial charge >= 0.3 is 0 Å². The molecule has 5 nitrogen and oxygen atoms in total. The van der Waals surface area contributed by atoms with Crippen molar-refractivity contribution >= 4 is 30.7 Å². The van der Waals surface area contributed by atoms with Crippen molar-refractivity contribution in [3.05, 3.63) is 47.3 Å². The van der Waals surface area contributed by atoms with E-state index < -0.39 is 0 Å². The molecular formula is C15H22Cl2N4O. The number of nitrogens with zero attached hydrogens (tertiary/aromatic N) is 2. The summed E-state index contributed by atoms with van der Waals surface area (Å²) in [6.45, 7) is 5.94. The van der Waals surface area contributed by atoms with Crippen LogP contribution in [0.25, 0.3) is 5.69 Å². The fourth-order valence-electron chi connectivity index (χ4n) is 2.18. The van der Waals surface area contributed by atoms with Gasteiger partial charge in [0, 0.05) is 5.69 Å². The smallest absolute Gasteiger partial charge is 0.234 e. The zero-order valence-corrected chi connectivity index (χ0v) is 14.5. The molecule has 2 aromatic rings. The van der Waals surface area contributed by atoms with Gasteiger partial charge in [-0.2, -0.15) is 5.10 Å². The van der Waals surface area contributed by atoms with E-state index in [1.165, 1.54) is 0 Å².